The summed E-state index contributed by atoms with van der Waals surface area (Å²) in [6.07, 6.45) is 0.793. The number of carbonyl (C=O) groups is 1. The van der Waals surface area contributed by atoms with Crippen LogP contribution < -0.4 is 5.32 Å². The third-order valence-corrected chi connectivity index (χ3v) is 4.80. The van der Waals surface area contributed by atoms with Crippen molar-refractivity contribution in [2.75, 3.05) is 18.9 Å². The summed E-state index contributed by atoms with van der Waals surface area (Å²) in [5, 5.41) is 8.31. The van der Waals surface area contributed by atoms with Gasteiger partial charge in [-0.25, -0.2) is 9.97 Å². The average Bonchev–Trinajstić information content (AvgIpc) is 3.21. The summed E-state index contributed by atoms with van der Waals surface area (Å²) in [6.45, 7) is 0.775. The fourth-order valence-corrected chi connectivity index (χ4v) is 3.46. The Morgan fingerprint density at radius 2 is 2.13 bits per heavy atom. The molecule has 1 aliphatic rings. The van der Waals surface area contributed by atoms with Gasteiger partial charge in [0.05, 0.1) is 5.52 Å². The smallest absolute Gasteiger partial charge is 0.244 e. The molecule has 3 aromatic rings. The number of carbonyl (C=O) groups excluding carboxylic acids is 1. The van der Waals surface area contributed by atoms with Crippen LogP contribution in [0.15, 0.2) is 41.1 Å². The molecule has 1 atom stereocenters. The highest BCUT2D eigenvalue weighted by Gasteiger charge is 2.29. The van der Waals surface area contributed by atoms with Crippen LogP contribution in [-0.4, -0.2) is 40.4 Å². The summed E-state index contributed by atoms with van der Waals surface area (Å²) in [4.78, 5) is 23.3. The lowest BCUT2D eigenvalue weighted by Crippen LogP contribution is -2.31. The number of para-hydroxylation sites is 1. The Morgan fingerprint density at radius 1 is 1.26 bits per heavy atom. The molecule has 1 aliphatic heterocycles. The van der Waals surface area contributed by atoms with Crippen molar-refractivity contribution in [3.05, 3.63) is 41.1 Å². The zero-order chi connectivity index (χ0) is 15.8. The average molecular weight is 324 g/mol. The Balaban J connectivity index is 1.79. The third-order valence-electron chi connectivity index (χ3n) is 4.12. The van der Waals surface area contributed by atoms with Gasteiger partial charge in [0.2, 0.25) is 5.91 Å². The Morgan fingerprint density at radius 3 is 2.87 bits per heavy atom. The van der Waals surface area contributed by atoms with Crippen LogP contribution in [0.5, 0.6) is 0 Å². The molecule has 1 fully saturated rings. The molecule has 0 saturated carbocycles. The lowest BCUT2D eigenvalue weighted by atomic mass is 10.2. The molecular formula is C17H16N4OS. The zero-order valence-electron chi connectivity index (χ0n) is 12.7. The van der Waals surface area contributed by atoms with E-state index in [2.05, 4.69) is 15.3 Å². The van der Waals surface area contributed by atoms with Gasteiger partial charge in [-0.3, -0.25) is 4.79 Å². The third kappa shape index (κ3) is 2.55. The normalized spacial score (nSPS) is 17.9. The number of amides is 1. The highest BCUT2D eigenvalue weighted by Crippen LogP contribution is 2.27. The number of nitrogens with zero attached hydrogens (tertiary/aromatic N) is 3. The van der Waals surface area contributed by atoms with E-state index in [0.29, 0.717) is 5.82 Å². The van der Waals surface area contributed by atoms with Crippen molar-refractivity contribution in [3.8, 4) is 11.4 Å². The summed E-state index contributed by atoms with van der Waals surface area (Å²) in [7, 11) is 1.83. The van der Waals surface area contributed by atoms with Crippen molar-refractivity contribution in [2.45, 2.75) is 12.5 Å². The summed E-state index contributed by atoms with van der Waals surface area (Å²) >= 11 is 1.62. The number of benzene rings is 1. The van der Waals surface area contributed by atoms with Crippen LogP contribution in [-0.2, 0) is 4.79 Å². The quantitative estimate of drug-likeness (QED) is 0.804. The SMILES string of the molecule is CN1CCC(Nc2nc(-c3ccsc3)nc3ccccc23)C1=O. The van der Waals surface area contributed by atoms with E-state index in [1.807, 2.05) is 48.1 Å². The van der Waals surface area contributed by atoms with Gasteiger partial charge in [0.15, 0.2) is 5.82 Å². The number of aromatic nitrogens is 2. The molecule has 1 unspecified atom stereocenters. The van der Waals surface area contributed by atoms with Gasteiger partial charge in [0, 0.05) is 29.9 Å². The Labute approximate surface area is 138 Å². The molecule has 0 aliphatic carbocycles. The summed E-state index contributed by atoms with van der Waals surface area (Å²) in [6, 6.07) is 9.68. The van der Waals surface area contributed by atoms with E-state index < -0.39 is 0 Å². The van der Waals surface area contributed by atoms with Crippen molar-refractivity contribution < 1.29 is 4.79 Å². The number of rotatable bonds is 3. The first kappa shape index (κ1) is 14.1. The molecule has 2 aromatic heterocycles. The van der Waals surface area contributed by atoms with Gasteiger partial charge < -0.3 is 10.2 Å². The predicted molar refractivity (Wildman–Crippen MR) is 92.5 cm³/mol. The molecule has 0 radical (unpaired) electrons. The van der Waals surface area contributed by atoms with Crippen LogP contribution >= 0.6 is 11.3 Å². The summed E-state index contributed by atoms with van der Waals surface area (Å²) in [5.74, 6) is 1.53. The van der Waals surface area contributed by atoms with Gasteiger partial charge in [-0.1, -0.05) is 12.1 Å². The Kier molecular flexibility index (Phi) is 3.46. The first-order valence-electron chi connectivity index (χ1n) is 7.53. The molecule has 3 heterocycles. The number of nitrogens with one attached hydrogen (secondary N) is 1. The second-order valence-electron chi connectivity index (χ2n) is 5.67. The van der Waals surface area contributed by atoms with E-state index in [1.54, 1.807) is 16.2 Å². The largest absolute Gasteiger partial charge is 0.358 e. The Hall–Kier alpha value is -2.47. The van der Waals surface area contributed by atoms with Gasteiger partial charge in [0.1, 0.15) is 11.9 Å². The van der Waals surface area contributed by atoms with E-state index in [9.17, 15) is 4.79 Å². The molecule has 0 bridgehead atoms. The van der Waals surface area contributed by atoms with Crippen molar-refractivity contribution in [2.24, 2.45) is 0 Å². The molecule has 1 saturated heterocycles. The Bertz CT molecular complexity index is 862. The van der Waals surface area contributed by atoms with E-state index in [4.69, 9.17) is 0 Å². The molecule has 1 amide bonds. The monoisotopic (exact) mass is 324 g/mol. The molecule has 23 heavy (non-hydrogen) atoms. The molecule has 0 spiro atoms. The maximum Gasteiger partial charge on any atom is 0.244 e. The zero-order valence-corrected chi connectivity index (χ0v) is 13.5. The molecule has 5 nitrogen and oxygen atoms in total. The van der Waals surface area contributed by atoms with Gasteiger partial charge >= 0.3 is 0 Å². The van der Waals surface area contributed by atoms with Crippen molar-refractivity contribution >= 4 is 34.0 Å². The first-order valence-corrected chi connectivity index (χ1v) is 8.47. The van der Waals surface area contributed by atoms with Crippen LogP contribution in [0.1, 0.15) is 6.42 Å². The van der Waals surface area contributed by atoms with Crippen LogP contribution in [0, 0.1) is 0 Å². The lowest BCUT2D eigenvalue weighted by molar-refractivity contribution is -0.127. The fraction of sp³-hybridized carbons (Fsp3) is 0.235. The highest BCUT2D eigenvalue weighted by molar-refractivity contribution is 7.08. The fourth-order valence-electron chi connectivity index (χ4n) is 2.83. The number of fused-ring (bicyclic) bond motifs is 1. The molecule has 6 heteroatoms. The van der Waals surface area contributed by atoms with Crippen LogP contribution in [0.4, 0.5) is 5.82 Å². The highest BCUT2D eigenvalue weighted by atomic mass is 32.1. The van der Waals surface area contributed by atoms with Gasteiger partial charge in [-0.15, -0.1) is 0 Å². The molecule has 1 aromatic carbocycles. The lowest BCUT2D eigenvalue weighted by Gasteiger charge is -2.15. The molecule has 4 rings (SSSR count). The van der Waals surface area contributed by atoms with Gasteiger partial charge in [0.25, 0.3) is 0 Å². The second-order valence-corrected chi connectivity index (χ2v) is 6.45. The van der Waals surface area contributed by atoms with Crippen molar-refractivity contribution in [3.63, 3.8) is 0 Å². The number of hydrogen-bond acceptors (Lipinski definition) is 5. The number of hydrogen-bond donors (Lipinski definition) is 1. The first-order chi connectivity index (χ1) is 11.2. The standard InChI is InChI=1S/C17H16N4OS/c1-21-8-6-14(17(21)22)19-16-12-4-2-3-5-13(12)18-15(20-16)11-7-9-23-10-11/h2-5,7,9-10,14H,6,8H2,1H3,(H,18,19,20). The number of likely N-dealkylation sites (tertiary alicyclic amines) is 1. The van der Waals surface area contributed by atoms with Crippen LogP contribution in [0.3, 0.4) is 0 Å². The maximum absolute atomic E-state index is 12.2. The predicted octanol–water partition coefficient (Wildman–Crippen LogP) is 3.00. The minimum absolute atomic E-state index is 0.116. The molecule has 116 valence electrons. The van der Waals surface area contributed by atoms with Gasteiger partial charge in [-0.2, -0.15) is 11.3 Å². The van der Waals surface area contributed by atoms with Crippen molar-refractivity contribution in [1.29, 1.82) is 0 Å². The minimum Gasteiger partial charge on any atom is -0.358 e. The van der Waals surface area contributed by atoms with Gasteiger partial charge in [-0.05, 0) is 30.0 Å². The van der Waals surface area contributed by atoms with E-state index in [0.717, 1.165) is 35.2 Å². The molecule has 1 N–H and O–H groups in total. The van der Waals surface area contributed by atoms with Crippen LogP contribution in [0.2, 0.25) is 0 Å². The summed E-state index contributed by atoms with van der Waals surface area (Å²) in [5.41, 5.74) is 1.88. The molecular weight excluding hydrogens is 308 g/mol. The van der Waals surface area contributed by atoms with E-state index in [-0.39, 0.29) is 11.9 Å². The van der Waals surface area contributed by atoms with E-state index in [1.165, 1.54) is 0 Å². The van der Waals surface area contributed by atoms with E-state index >= 15 is 0 Å². The number of anilines is 1. The second kappa shape index (κ2) is 5.62. The van der Waals surface area contributed by atoms with Crippen molar-refractivity contribution in [1.82, 2.24) is 14.9 Å². The minimum atomic E-state index is -0.214. The maximum atomic E-state index is 12.2. The van der Waals surface area contributed by atoms with Crippen LogP contribution in [0.25, 0.3) is 22.3 Å². The number of likely N-dealkylation sites (N-methyl/N-ethyl adjacent to an activating group) is 1. The summed E-state index contributed by atoms with van der Waals surface area (Å²) < 4.78 is 0. The number of thiophene rings is 1. The topological polar surface area (TPSA) is 58.1 Å².